The summed E-state index contributed by atoms with van der Waals surface area (Å²) in [4.78, 5) is 25.0. The Kier molecular flexibility index (Phi) is 6.75. The van der Waals surface area contributed by atoms with E-state index in [1.807, 2.05) is 31.2 Å². The van der Waals surface area contributed by atoms with Crippen LogP contribution in [0.15, 0.2) is 76.2 Å². The smallest absolute Gasteiger partial charge is 0.319 e. The minimum absolute atomic E-state index is 0.0810. The van der Waals surface area contributed by atoms with Gasteiger partial charge in [-0.25, -0.2) is 4.79 Å². The van der Waals surface area contributed by atoms with Crippen LogP contribution in [0.2, 0.25) is 0 Å². The van der Waals surface area contributed by atoms with Gasteiger partial charge < -0.3 is 20.4 Å². The zero-order valence-corrected chi connectivity index (χ0v) is 16.2. The lowest BCUT2D eigenvalue weighted by molar-refractivity contribution is -0.113. The summed E-state index contributed by atoms with van der Waals surface area (Å²) in [6.07, 6.45) is 1.56. The van der Waals surface area contributed by atoms with Crippen molar-refractivity contribution < 1.29 is 14.0 Å². The lowest BCUT2D eigenvalue weighted by Gasteiger charge is -2.09. The van der Waals surface area contributed by atoms with Crippen LogP contribution in [-0.2, 0) is 11.3 Å². The number of thioether (sulfide) groups is 1. The third-order valence-electron chi connectivity index (χ3n) is 3.82. The number of aryl methyl sites for hydroxylation is 1. The van der Waals surface area contributed by atoms with Crippen LogP contribution in [0.1, 0.15) is 11.3 Å². The summed E-state index contributed by atoms with van der Waals surface area (Å²) in [5.41, 5.74) is 2.50. The fourth-order valence-electron chi connectivity index (χ4n) is 2.37. The fraction of sp³-hybridized carbons (Fsp3) is 0.143. The number of nitrogens with one attached hydrogen (secondary N) is 3. The highest BCUT2D eigenvalue weighted by molar-refractivity contribution is 8.00. The molecule has 2 aromatic carbocycles. The molecule has 0 saturated heterocycles. The second-order valence-electron chi connectivity index (χ2n) is 6.11. The predicted molar refractivity (Wildman–Crippen MR) is 112 cm³/mol. The number of urea groups is 1. The molecule has 7 heteroatoms. The molecule has 0 radical (unpaired) electrons. The number of carbonyl (C=O) groups excluding carboxylic acids is 2. The van der Waals surface area contributed by atoms with E-state index in [4.69, 9.17) is 4.42 Å². The maximum absolute atomic E-state index is 12.1. The van der Waals surface area contributed by atoms with Crippen molar-refractivity contribution in [2.45, 2.75) is 18.4 Å². The molecule has 0 unspecified atom stereocenters. The quantitative estimate of drug-likeness (QED) is 0.509. The molecule has 3 N–H and O–H groups in total. The Morgan fingerprint density at radius 1 is 0.929 bits per heavy atom. The Bertz CT molecular complexity index is 907. The molecular formula is C21H21N3O3S. The van der Waals surface area contributed by atoms with E-state index in [9.17, 15) is 9.59 Å². The van der Waals surface area contributed by atoms with Crippen LogP contribution < -0.4 is 16.0 Å². The van der Waals surface area contributed by atoms with Crippen LogP contribution in [0, 0.1) is 6.92 Å². The van der Waals surface area contributed by atoms with E-state index in [1.54, 1.807) is 42.7 Å². The molecule has 0 aliphatic heterocycles. The Morgan fingerprint density at radius 2 is 1.61 bits per heavy atom. The highest BCUT2D eigenvalue weighted by atomic mass is 32.2. The lowest BCUT2D eigenvalue weighted by Crippen LogP contribution is -2.27. The average Bonchev–Trinajstić information content (AvgIpc) is 3.21. The van der Waals surface area contributed by atoms with Crippen molar-refractivity contribution in [1.29, 1.82) is 0 Å². The second kappa shape index (κ2) is 9.66. The van der Waals surface area contributed by atoms with Gasteiger partial charge in [-0.05, 0) is 55.5 Å². The molecule has 0 atom stereocenters. The van der Waals surface area contributed by atoms with E-state index in [2.05, 4.69) is 16.0 Å². The van der Waals surface area contributed by atoms with Crippen LogP contribution in [0.25, 0.3) is 0 Å². The first-order valence-electron chi connectivity index (χ1n) is 8.75. The van der Waals surface area contributed by atoms with Crippen molar-refractivity contribution in [2.75, 3.05) is 16.4 Å². The van der Waals surface area contributed by atoms with Gasteiger partial charge in [-0.3, -0.25) is 4.79 Å². The van der Waals surface area contributed by atoms with Gasteiger partial charge in [0.15, 0.2) is 0 Å². The summed E-state index contributed by atoms with van der Waals surface area (Å²) in [6.45, 7) is 2.34. The molecule has 3 rings (SSSR count). The average molecular weight is 395 g/mol. The standard InChI is InChI=1S/C21H21N3O3S/c1-15-4-10-19(11-5-15)28-14-20(25)23-16-6-8-17(9-7-16)24-21(26)22-13-18-3-2-12-27-18/h2-12H,13-14H2,1H3,(H,23,25)(H2,22,24,26). The maximum Gasteiger partial charge on any atom is 0.319 e. The SMILES string of the molecule is Cc1ccc(SCC(=O)Nc2ccc(NC(=O)NCc3ccco3)cc2)cc1. The Balaban J connectivity index is 1.42. The molecular weight excluding hydrogens is 374 g/mol. The van der Waals surface area contributed by atoms with Gasteiger partial charge in [0.05, 0.1) is 18.6 Å². The predicted octanol–water partition coefficient (Wildman–Crippen LogP) is 4.64. The largest absolute Gasteiger partial charge is 0.467 e. The first-order valence-corrected chi connectivity index (χ1v) is 9.74. The van der Waals surface area contributed by atoms with Crippen molar-refractivity contribution in [3.05, 3.63) is 78.3 Å². The number of hydrogen-bond acceptors (Lipinski definition) is 4. The number of anilines is 2. The molecule has 0 fully saturated rings. The molecule has 0 aliphatic carbocycles. The fourth-order valence-corrected chi connectivity index (χ4v) is 3.07. The molecule has 3 aromatic rings. The topological polar surface area (TPSA) is 83.4 Å². The van der Waals surface area contributed by atoms with Gasteiger partial charge in [0, 0.05) is 16.3 Å². The number of hydrogen-bond donors (Lipinski definition) is 3. The maximum atomic E-state index is 12.1. The Morgan fingerprint density at radius 3 is 2.25 bits per heavy atom. The molecule has 144 valence electrons. The molecule has 0 aliphatic rings. The van der Waals surface area contributed by atoms with Gasteiger partial charge in [0.1, 0.15) is 5.76 Å². The third kappa shape index (κ3) is 6.21. The molecule has 3 amide bonds. The zero-order valence-electron chi connectivity index (χ0n) is 15.4. The number of rotatable bonds is 7. The normalized spacial score (nSPS) is 10.3. The molecule has 28 heavy (non-hydrogen) atoms. The molecule has 1 aromatic heterocycles. The second-order valence-corrected chi connectivity index (χ2v) is 7.16. The highest BCUT2D eigenvalue weighted by Crippen LogP contribution is 2.19. The minimum atomic E-state index is -0.331. The van der Waals surface area contributed by atoms with Crippen molar-refractivity contribution >= 4 is 35.1 Å². The highest BCUT2D eigenvalue weighted by Gasteiger charge is 2.06. The summed E-state index contributed by atoms with van der Waals surface area (Å²) in [5, 5.41) is 8.27. The Labute approximate surface area is 167 Å². The molecule has 0 spiro atoms. The van der Waals surface area contributed by atoms with E-state index >= 15 is 0 Å². The van der Waals surface area contributed by atoms with Crippen LogP contribution in [0.5, 0.6) is 0 Å². The van der Waals surface area contributed by atoms with E-state index in [0.29, 0.717) is 29.4 Å². The lowest BCUT2D eigenvalue weighted by atomic mass is 10.2. The van der Waals surface area contributed by atoms with E-state index in [-0.39, 0.29) is 11.9 Å². The third-order valence-corrected chi connectivity index (χ3v) is 4.83. The first-order chi connectivity index (χ1) is 13.6. The van der Waals surface area contributed by atoms with Gasteiger partial charge in [-0.1, -0.05) is 17.7 Å². The molecule has 6 nitrogen and oxygen atoms in total. The van der Waals surface area contributed by atoms with Crippen LogP contribution >= 0.6 is 11.8 Å². The molecule has 0 saturated carbocycles. The van der Waals surface area contributed by atoms with Crippen molar-refractivity contribution in [3.63, 3.8) is 0 Å². The summed E-state index contributed by atoms with van der Waals surface area (Å²) < 4.78 is 5.16. The monoisotopic (exact) mass is 395 g/mol. The summed E-state index contributed by atoms with van der Waals surface area (Å²) in [7, 11) is 0. The number of furan rings is 1. The minimum Gasteiger partial charge on any atom is -0.467 e. The van der Waals surface area contributed by atoms with E-state index in [0.717, 1.165) is 4.90 Å². The molecule has 1 heterocycles. The number of benzene rings is 2. The van der Waals surface area contributed by atoms with Crippen LogP contribution in [0.3, 0.4) is 0 Å². The first kappa shape index (κ1) is 19.6. The van der Waals surface area contributed by atoms with Gasteiger partial charge in [0.25, 0.3) is 0 Å². The van der Waals surface area contributed by atoms with Crippen molar-refractivity contribution in [1.82, 2.24) is 5.32 Å². The summed E-state index contributed by atoms with van der Waals surface area (Å²) >= 11 is 1.49. The van der Waals surface area contributed by atoms with Gasteiger partial charge >= 0.3 is 6.03 Å². The Hall–Kier alpha value is -3.19. The summed E-state index contributed by atoms with van der Waals surface area (Å²) in [5.74, 6) is 0.928. The number of carbonyl (C=O) groups is 2. The van der Waals surface area contributed by atoms with Gasteiger partial charge in [-0.2, -0.15) is 0 Å². The van der Waals surface area contributed by atoms with Crippen LogP contribution in [0.4, 0.5) is 16.2 Å². The zero-order chi connectivity index (χ0) is 19.8. The van der Waals surface area contributed by atoms with E-state index < -0.39 is 0 Å². The van der Waals surface area contributed by atoms with Crippen molar-refractivity contribution in [2.24, 2.45) is 0 Å². The van der Waals surface area contributed by atoms with E-state index in [1.165, 1.54) is 17.3 Å². The van der Waals surface area contributed by atoms with Gasteiger partial charge in [-0.15, -0.1) is 11.8 Å². The van der Waals surface area contributed by atoms with Crippen LogP contribution in [-0.4, -0.2) is 17.7 Å². The van der Waals surface area contributed by atoms with Gasteiger partial charge in [0.2, 0.25) is 5.91 Å². The number of amides is 3. The summed E-state index contributed by atoms with van der Waals surface area (Å²) in [6, 6.07) is 18.2. The molecule has 0 bridgehead atoms. The van der Waals surface area contributed by atoms with Crippen molar-refractivity contribution in [3.8, 4) is 0 Å².